The second-order valence-electron chi connectivity index (χ2n) is 3.97. The second kappa shape index (κ2) is 14.0. The van der Waals surface area contributed by atoms with Gasteiger partial charge in [0.15, 0.2) is 0 Å². The van der Waals surface area contributed by atoms with Crippen LogP contribution in [0.4, 0.5) is 0 Å². The van der Waals surface area contributed by atoms with Gasteiger partial charge in [0.1, 0.15) is 0 Å². The van der Waals surface area contributed by atoms with Crippen LogP contribution in [0.15, 0.2) is 0 Å². The van der Waals surface area contributed by atoms with Crippen molar-refractivity contribution in [2.24, 2.45) is 0 Å². The average Bonchev–Trinajstić information content (AvgIpc) is 2.15. The van der Waals surface area contributed by atoms with E-state index >= 15 is 0 Å². The normalized spacial score (nSPS) is 9.67. The zero-order chi connectivity index (χ0) is 10.6. The summed E-state index contributed by atoms with van der Waals surface area (Å²) in [5, 5.41) is 8.41. The number of carboxylic acids is 1. The van der Waals surface area contributed by atoms with Crippen molar-refractivity contribution in [2.45, 2.75) is 71.1 Å². The standard InChI is InChI=1S/C12H24O2.Ni/c1-2-3-4-5-6-7-8-9-10-11-12(13)14;/h2-11H2,1H3,(H,13,14);/i;1-53. The van der Waals surface area contributed by atoms with Crippen molar-refractivity contribution in [2.75, 3.05) is 0 Å². The number of hydrogen-bond donors (Lipinski definition) is 1. The molecule has 0 rings (SSSR count). The number of unbranched alkanes of at least 4 members (excludes halogenated alkanes) is 8. The van der Waals surface area contributed by atoms with E-state index in [4.69, 9.17) is 5.11 Å². The minimum absolute atomic E-state index is 0. The molecule has 94 valence electrons. The molecule has 0 saturated heterocycles. The van der Waals surface area contributed by atoms with E-state index in [1.165, 1.54) is 44.9 Å². The van der Waals surface area contributed by atoms with E-state index in [2.05, 4.69) is 6.92 Å². The molecule has 0 radical (unpaired) electrons. The minimum Gasteiger partial charge on any atom is -0.481 e. The fourth-order valence-corrected chi connectivity index (χ4v) is 1.59. The summed E-state index contributed by atoms with van der Waals surface area (Å²) in [4.78, 5) is 10.2. The average molecular weight is 206 g/mol. The van der Waals surface area contributed by atoms with Crippen LogP contribution in [0, 0.1) is 0 Å². The predicted molar refractivity (Wildman–Crippen MR) is 59.5 cm³/mol. The molecular weight excluding hydrogens is 182 g/mol. The third kappa shape index (κ3) is 16.6. The van der Waals surface area contributed by atoms with Crippen LogP contribution >= 0.6 is 0 Å². The Bertz CT molecular complexity index is 138. The van der Waals surface area contributed by atoms with Gasteiger partial charge in [0, 0.05) is 22.9 Å². The first-order valence-corrected chi connectivity index (χ1v) is 5.99. The van der Waals surface area contributed by atoms with Gasteiger partial charge in [-0.1, -0.05) is 58.3 Å². The van der Waals surface area contributed by atoms with Crippen molar-refractivity contribution in [3.63, 3.8) is 0 Å². The molecular formula is C12H24NiO2. The third-order valence-corrected chi connectivity index (χ3v) is 2.49. The zero-order valence-corrected chi connectivity index (χ0v) is 10.7. The number of hydrogen-bond acceptors (Lipinski definition) is 1. The van der Waals surface area contributed by atoms with Gasteiger partial charge in [0.05, 0.1) is 0 Å². The summed E-state index contributed by atoms with van der Waals surface area (Å²) >= 11 is 0. The summed E-state index contributed by atoms with van der Waals surface area (Å²) in [6, 6.07) is 0. The Hall–Kier alpha value is -0.0365. The summed E-state index contributed by atoms with van der Waals surface area (Å²) in [7, 11) is 0. The molecule has 0 heterocycles. The van der Waals surface area contributed by atoms with Crippen LogP contribution in [-0.4, -0.2) is 11.1 Å². The summed E-state index contributed by atoms with van der Waals surface area (Å²) in [6.07, 6.45) is 11.5. The number of carbonyl (C=O) groups is 1. The SMILES string of the molecule is CCCCCCCCCCCC(=O)O.[6Ni]. The Morgan fingerprint density at radius 3 is 1.67 bits per heavy atom. The molecule has 0 amide bonds. The van der Waals surface area contributed by atoms with Gasteiger partial charge in [-0.15, -0.1) is 0 Å². The Balaban J connectivity index is 0. The molecule has 0 aromatic rings. The molecule has 0 unspecified atom stereocenters. The van der Waals surface area contributed by atoms with Crippen LogP contribution in [0.25, 0.3) is 0 Å². The quantitative estimate of drug-likeness (QED) is 0.433. The van der Waals surface area contributed by atoms with Crippen molar-refractivity contribution in [1.29, 1.82) is 0 Å². The maximum absolute atomic E-state index is 10.2. The fraction of sp³-hybridized carbons (Fsp3) is 0.917. The van der Waals surface area contributed by atoms with E-state index in [1.54, 1.807) is 0 Å². The van der Waals surface area contributed by atoms with E-state index in [1.807, 2.05) is 0 Å². The van der Waals surface area contributed by atoms with Gasteiger partial charge in [-0.25, -0.2) is 0 Å². The zero-order valence-electron chi connectivity index (χ0n) is 9.74. The van der Waals surface area contributed by atoms with Crippen LogP contribution in [0.3, 0.4) is 0 Å². The number of carboxylic acid groups (broad SMARTS) is 1. The van der Waals surface area contributed by atoms with E-state index in [9.17, 15) is 4.79 Å². The first-order valence-electron chi connectivity index (χ1n) is 5.99. The van der Waals surface area contributed by atoms with Crippen LogP contribution in [0.2, 0.25) is 0 Å². The molecule has 0 aromatic heterocycles. The largest absolute Gasteiger partial charge is 0.481 e. The van der Waals surface area contributed by atoms with Crippen molar-refractivity contribution in [3.05, 3.63) is 0 Å². The van der Waals surface area contributed by atoms with E-state index in [0.717, 1.165) is 12.8 Å². The fourth-order valence-electron chi connectivity index (χ4n) is 1.59. The maximum atomic E-state index is 10.2. The number of rotatable bonds is 10. The van der Waals surface area contributed by atoms with Crippen LogP contribution in [-0.2, 0) is 21.3 Å². The molecule has 0 aromatic carbocycles. The van der Waals surface area contributed by atoms with Gasteiger partial charge in [-0.3, -0.25) is 4.79 Å². The van der Waals surface area contributed by atoms with Crippen molar-refractivity contribution in [1.82, 2.24) is 0 Å². The molecule has 0 bridgehead atoms. The maximum Gasteiger partial charge on any atom is 0.303 e. The Morgan fingerprint density at radius 2 is 1.27 bits per heavy atom. The van der Waals surface area contributed by atoms with Gasteiger partial charge >= 0.3 is 5.97 Å². The molecule has 0 aliphatic heterocycles. The Morgan fingerprint density at radius 1 is 0.867 bits per heavy atom. The van der Waals surface area contributed by atoms with Gasteiger partial charge in [0.25, 0.3) is 0 Å². The summed E-state index contributed by atoms with van der Waals surface area (Å²) in [6.45, 7) is 2.23. The van der Waals surface area contributed by atoms with Crippen molar-refractivity contribution in [3.8, 4) is 0 Å². The van der Waals surface area contributed by atoms with Crippen LogP contribution in [0.5, 0.6) is 0 Å². The first-order chi connectivity index (χ1) is 6.77. The van der Waals surface area contributed by atoms with Gasteiger partial charge in [-0.05, 0) is 6.42 Å². The van der Waals surface area contributed by atoms with Crippen LogP contribution in [0.1, 0.15) is 71.1 Å². The minimum atomic E-state index is -0.659. The van der Waals surface area contributed by atoms with Gasteiger partial charge in [-0.2, -0.15) is 0 Å². The molecule has 0 saturated carbocycles. The predicted octanol–water partition coefficient (Wildman–Crippen LogP) is 3.99. The smallest absolute Gasteiger partial charge is 0.303 e. The van der Waals surface area contributed by atoms with Gasteiger partial charge < -0.3 is 5.11 Å². The monoisotopic (exact) mass is 206 g/mol. The molecule has 15 heavy (non-hydrogen) atoms. The topological polar surface area (TPSA) is 37.3 Å². The molecule has 1 N–H and O–H groups in total. The van der Waals surface area contributed by atoms with E-state index in [0.29, 0.717) is 6.42 Å². The molecule has 2 nitrogen and oxygen atoms in total. The summed E-state index contributed by atoms with van der Waals surface area (Å²) in [5.74, 6) is -0.659. The molecule has 0 fully saturated rings. The summed E-state index contributed by atoms with van der Waals surface area (Å²) < 4.78 is 0. The Labute approximate surface area is 104 Å². The van der Waals surface area contributed by atoms with Crippen molar-refractivity contribution >= 4 is 5.97 Å². The van der Waals surface area contributed by atoms with Crippen molar-refractivity contribution < 1.29 is 26.4 Å². The second-order valence-corrected chi connectivity index (χ2v) is 3.97. The van der Waals surface area contributed by atoms with E-state index in [-0.39, 0.29) is 16.5 Å². The van der Waals surface area contributed by atoms with Gasteiger partial charge in [0.2, 0.25) is 0 Å². The third-order valence-electron chi connectivity index (χ3n) is 2.49. The van der Waals surface area contributed by atoms with E-state index < -0.39 is 5.97 Å². The van der Waals surface area contributed by atoms with Crippen LogP contribution < -0.4 is 0 Å². The molecule has 3 heteroatoms. The molecule has 0 spiro atoms. The molecule has 0 aliphatic carbocycles. The number of aliphatic carboxylic acids is 1. The first kappa shape index (κ1) is 17.4. The molecule has 0 atom stereocenters. The molecule has 0 aliphatic rings. The Kier molecular flexibility index (Phi) is 16.2. The summed E-state index contributed by atoms with van der Waals surface area (Å²) in [5.41, 5.74) is 0.